The molecule has 12 heavy (non-hydrogen) atoms. The monoisotopic (exact) mass is 171 g/mol. The summed E-state index contributed by atoms with van der Waals surface area (Å²) in [6.07, 6.45) is 0. The normalized spacial score (nSPS) is 30.6. The van der Waals surface area contributed by atoms with Crippen LogP contribution < -0.4 is 11.1 Å². The van der Waals surface area contributed by atoms with Crippen LogP contribution in [0.25, 0.3) is 0 Å². The lowest BCUT2D eigenvalue weighted by Gasteiger charge is -2.31. The van der Waals surface area contributed by atoms with Crippen molar-refractivity contribution in [3.05, 3.63) is 0 Å². The zero-order valence-corrected chi connectivity index (χ0v) is 6.75. The number of urea groups is 1. The van der Waals surface area contributed by atoms with Gasteiger partial charge in [0.2, 0.25) is 0 Å². The summed E-state index contributed by atoms with van der Waals surface area (Å²) >= 11 is 0. The maximum atomic E-state index is 11.2. The van der Waals surface area contributed by atoms with Crippen molar-refractivity contribution >= 4 is 17.8 Å². The summed E-state index contributed by atoms with van der Waals surface area (Å²) < 4.78 is 0. The standard InChI is InChI=1S/C6H9N3O3/c1-6(7)3(10)8-5(12)9(2)4(6)11/h7H2,1-2H3,(H,8,10,12). The number of carbonyl (C=O) groups excluding carboxylic acids is 3. The van der Waals surface area contributed by atoms with Crippen molar-refractivity contribution < 1.29 is 14.4 Å². The Labute approximate surface area is 68.7 Å². The van der Waals surface area contributed by atoms with E-state index in [0.717, 1.165) is 4.90 Å². The van der Waals surface area contributed by atoms with Gasteiger partial charge >= 0.3 is 6.03 Å². The first kappa shape index (κ1) is 8.66. The largest absolute Gasteiger partial charge is 0.330 e. The van der Waals surface area contributed by atoms with E-state index in [9.17, 15) is 14.4 Å². The second-order valence-electron chi connectivity index (χ2n) is 2.83. The van der Waals surface area contributed by atoms with Gasteiger partial charge in [0.05, 0.1) is 0 Å². The van der Waals surface area contributed by atoms with E-state index in [1.54, 1.807) is 0 Å². The maximum Gasteiger partial charge on any atom is 0.330 e. The summed E-state index contributed by atoms with van der Waals surface area (Å²) in [7, 11) is 1.26. The fourth-order valence-electron chi connectivity index (χ4n) is 0.849. The molecule has 1 aliphatic heterocycles. The van der Waals surface area contributed by atoms with E-state index < -0.39 is 23.4 Å². The molecule has 0 radical (unpaired) electrons. The number of rotatable bonds is 0. The molecule has 66 valence electrons. The minimum absolute atomic E-state index is 0.698. The van der Waals surface area contributed by atoms with Crippen LogP contribution in [0.4, 0.5) is 4.79 Å². The van der Waals surface area contributed by atoms with Gasteiger partial charge in [0, 0.05) is 7.05 Å². The Balaban J connectivity index is 3.04. The van der Waals surface area contributed by atoms with Gasteiger partial charge in [0.15, 0.2) is 5.54 Å². The second-order valence-corrected chi connectivity index (χ2v) is 2.83. The van der Waals surface area contributed by atoms with Gasteiger partial charge in [-0.25, -0.2) is 4.79 Å². The predicted molar refractivity (Wildman–Crippen MR) is 38.9 cm³/mol. The fourth-order valence-corrected chi connectivity index (χ4v) is 0.849. The van der Waals surface area contributed by atoms with Gasteiger partial charge in [-0.15, -0.1) is 0 Å². The maximum absolute atomic E-state index is 11.2. The molecule has 1 rings (SSSR count). The highest BCUT2D eigenvalue weighted by Crippen LogP contribution is 2.09. The summed E-state index contributed by atoms with van der Waals surface area (Å²) in [5, 5.41) is 1.95. The number of likely N-dealkylation sites (N-methyl/N-ethyl adjacent to an activating group) is 1. The Kier molecular flexibility index (Phi) is 1.64. The van der Waals surface area contributed by atoms with Crippen molar-refractivity contribution in [1.29, 1.82) is 0 Å². The summed E-state index contributed by atoms with van der Waals surface area (Å²) in [6, 6.07) is -0.743. The van der Waals surface area contributed by atoms with Crippen LogP contribution in [-0.2, 0) is 9.59 Å². The lowest BCUT2D eigenvalue weighted by Crippen LogP contribution is -2.69. The lowest BCUT2D eigenvalue weighted by atomic mass is 9.99. The van der Waals surface area contributed by atoms with Gasteiger partial charge in [0.1, 0.15) is 0 Å². The molecule has 3 N–H and O–H groups in total. The van der Waals surface area contributed by atoms with Crippen molar-refractivity contribution in [2.45, 2.75) is 12.5 Å². The number of hydrogen-bond acceptors (Lipinski definition) is 4. The van der Waals surface area contributed by atoms with Crippen molar-refractivity contribution in [1.82, 2.24) is 10.2 Å². The van der Waals surface area contributed by atoms with Crippen LogP contribution in [0.5, 0.6) is 0 Å². The number of hydrogen-bond donors (Lipinski definition) is 2. The number of barbiturate groups is 1. The SMILES string of the molecule is CN1C(=O)NC(=O)C(C)(N)C1=O. The highest BCUT2D eigenvalue weighted by molar-refractivity contribution is 6.21. The zero-order chi connectivity index (χ0) is 9.52. The van der Waals surface area contributed by atoms with Crippen LogP contribution in [0, 0.1) is 0 Å². The summed E-state index contributed by atoms with van der Waals surface area (Å²) in [6.45, 7) is 1.26. The molecule has 0 spiro atoms. The Morgan fingerprint density at radius 3 is 2.42 bits per heavy atom. The number of nitrogens with two attached hydrogens (primary N) is 1. The average molecular weight is 171 g/mol. The Morgan fingerprint density at radius 2 is 1.92 bits per heavy atom. The van der Waals surface area contributed by atoms with E-state index in [0.29, 0.717) is 0 Å². The van der Waals surface area contributed by atoms with Gasteiger partial charge in [0.25, 0.3) is 11.8 Å². The molecular formula is C6H9N3O3. The van der Waals surface area contributed by atoms with Crippen molar-refractivity contribution in [3.63, 3.8) is 0 Å². The smallest absolute Gasteiger partial charge is 0.310 e. The van der Waals surface area contributed by atoms with E-state index in [2.05, 4.69) is 0 Å². The number of imide groups is 2. The highest BCUT2D eigenvalue weighted by atomic mass is 16.2. The van der Waals surface area contributed by atoms with Gasteiger partial charge in [-0.3, -0.25) is 19.8 Å². The predicted octanol–water partition coefficient (Wildman–Crippen LogP) is -1.59. The average Bonchev–Trinajstić information content (AvgIpc) is 1.99. The van der Waals surface area contributed by atoms with Crippen LogP contribution in [0.1, 0.15) is 6.92 Å². The third kappa shape index (κ3) is 0.964. The Bertz CT molecular complexity index is 271. The lowest BCUT2D eigenvalue weighted by molar-refractivity contribution is -0.142. The van der Waals surface area contributed by atoms with E-state index in [4.69, 9.17) is 5.73 Å². The summed E-state index contributed by atoms with van der Waals surface area (Å²) in [5.41, 5.74) is 3.73. The minimum atomic E-state index is -1.64. The number of nitrogens with one attached hydrogen (secondary N) is 1. The van der Waals surface area contributed by atoms with Gasteiger partial charge in [-0.05, 0) is 6.92 Å². The molecule has 6 nitrogen and oxygen atoms in total. The number of nitrogens with zero attached hydrogens (tertiary/aromatic N) is 1. The Morgan fingerprint density at radius 1 is 1.42 bits per heavy atom. The molecule has 4 amide bonds. The molecule has 1 heterocycles. The molecule has 1 aliphatic rings. The van der Waals surface area contributed by atoms with E-state index >= 15 is 0 Å². The first-order valence-corrected chi connectivity index (χ1v) is 3.30. The molecule has 1 atom stereocenters. The number of amides is 4. The topological polar surface area (TPSA) is 92.5 Å². The van der Waals surface area contributed by atoms with Crippen molar-refractivity contribution in [2.24, 2.45) is 5.73 Å². The van der Waals surface area contributed by atoms with Crippen LogP contribution in [-0.4, -0.2) is 35.3 Å². The molecule has 6 heteroatoms. The first-order chi connectivity index (χ1) is 5.37. The van der Waals surface area contributed by atoms with Crippen LogP contribution >= 0.6 is 0 Å². The summed E-state index contributed by atoms with van der Waals surface area (Å²) in [5.74, 6) is -1.47. The third-order valence-electron chi connectivity index (χ3n) is 1.75. The van der Waals surface area contributed by atoms with Crippen molar-refractivity contribution in [3.8, 4) is 0 Å². The second kappa shape index (κ2) is 2.28. The molecule has 1 unspecified atom stereocenters. The fraction of sp³-hybridized carbons (Fsp3) is 0.500. The minimum Gasteiger partial charge on any atom is -0.310 e. The van der Waals surface area contributed by atoms with Gasteiger partial charge in [-0.1, -0.05) is 0 Å². The molecule has 0 aromatic rings. The van der Waals surface area contributed by atoms with E-state index in [1.807, 2.05) is 5.32 Å². The molecule has 1 fully saturated rings. The van der Waals surface area contributed by atoms with Crippen LogP contribution in [0.3, 0.4) is 0 Å². The molecule has 0 saturated carbocycles. The highest BCUT2D eigenvalue weighted by Gasteiger charge is 2.46. The number of carbonyl (C=O) groups is 3. The van der Waals surface area contributed by atoms with Gasteiger partial charge < -0.3 is 5.73 Å². The van der Waals surface area contributed by atoms with E-state index in [-0.39, 0.29) is 0 Å². The van der Waals surface area contributed by atoms with Gasteiger partial charge in [-0.2, -0.15) is 0 Å². The van der Waals surface area contributed by atoms with E-state index in [1.165, 1.54) is 14.0 Å². The van der Waals surface area contributed by atoms with Crippen molar-refractivity contribution in [2.75, 3.05) is 7.05 Å². The first-order valence-electron chi connectivity index (χ1n) is 3.30. The molecule has 0 bridgehead atoms. The zero-order valence-electron chi connectivity index (χ0n) is 6.75. The molecule has 0 aromatic carbocycles. The summed E-state index contributed by atoms with van der Waals surface area (Å²) in [4.78, 5) is 33.8. The van der Waals surface area contributed by atoms with Crippen LogP contribution in [0.2, 0.25) is 0 Å². The molecule has 0 aromatic heterocycles. The quantitative estimate of drug-likeness (QED) is 0.430. The molecular weight excluding hydrogens is 162 g/mol. The Hall–Kier alpha value is -1.43. The molecule has 1 saturated heterocycles. The third-order valence-corrected chi connectivity index (χ3v) is 1.75. The van der Waals surface area contributed by atoms with Crippen LogP contribution in [0.15, 0.2) is 0 Å². The molecule has 0 aliphatic carbocycles.